The summed E-state index contributed by atoms with van der Waals surface area (Å²) in [6, 6.07) is 10.1. The summed E-state index contributed by atoms with van der Waals surface area (Å²) in [6.45, 7) is 4.22. The Bertz CT molecular complexity index is 371. The summed E-state index contributed by atoms with van der Waals surface area (Å²) >= 11 is 0. The molecule has 0 amide bonds. The highest BCUT2D eigenvalue weighted by molar-refractivity contribution is 6.38. The van der Waals surface area contributed by atoms with Crippen molar-refractivity contribution in [1.82, 2.24) is 5.01 Å². The maximum absolute atomic E-state index is 11.2. The molecular formula is C13H18N2O. The van der Waals surface area contributed by atoms with Gasteiger partial charge >= 0.3 is 0 Å². The number of ketones is 1. The Morgan fingerprint density at radius 2 is 1.94 bits per heavy atom. The molecule has 0 aliphatic heterocycles. The van der Waals surface area contributed by atoms with E-state index in [0.717, 1.165) is 6.54 Å². The summed E-state index contributed by atoms with van der Waals surface area (Å²) in [5.41, 5.74) is 1.81. The van der Waals surface area contributed by atoms with Crippen LogP contribution in [-0.2, 0) is 11.3 Å². The maximum atomic E-state index is 11.2. The molecule has 0 unspecified atom stereocenters. The first-order valence-electron chi connectivity index (χ1n) is 5.47. The number of carbonyl (C=O) groups excluding carboxylic acids is 1. The van der Waals surface area contributed by atoms with Gasteiger partial charge in [0.05, 0.1) is 6.54 Å². The quantitative estimate of drug-likeness (QED) is 0.562. The molecule has 0 atom stereocenters. The molecule has 1 rings (SSSR count). The van der Waals surface area contributed by atoms with Crippen LogP contribution in [0.1, 0.15) is 25.8 Å². The van der Waals surface area contributed by atoms with E-state index in [4.69, 9.17) is 0 Å². The molecule has 3 heteroatoms. The summed E-state index contributed by atoms with van der Waals surface area (Å²) in [4.78, 5) is 11.2. The van der Waals surface area contributed by atoms with E-state index in [2.05, 4.69) is 5.10 Å². The third-order valence-electron chi connectivity index (χ3n) is 2.29. The predicted molar refractivity (Wildman–Crippen MR) is 66.3 cm³/mol. The number of carbonyl (C=O) groups is 1. The average molecular weight is 218 g/mol. The predicted octanol–water partition coefficient (Wildman–Crippen LogP) is 2.47. The van der Waals surface area contributed by atoms with Gasteiger partial charge in [-0.3, -0.25) is 9.80 Å². The minimum atomic E-state index is 0.0439. The molecule has 1 aromatic carbocycles. The largest absolute Gasteiger partial charge is 0.295 e. The van der Waals surface area contributed by atoms with Gasteiger partial charge in [-0.1, -0.05) is 37.3 Å². The van der Waals surface area contributed by atoms with Crippen LogP contribution in [0.5, 0.6) is 0 Å². The smallest absolute Gasteiger partial charge is 0.175 e. The lowest BCUT2D eigenvalue weighted by atomic mass is 10.2. The summed E-state index contributed by atoms with van der Waals surface area (Å²) in [7, 11) is 1.88. The summed E-state index contributed by atoms with van der Waals surface area (Å²) < 4.78 is 0. The highest BCUT2D eigenvalue weighted by Crippen LogP contribution is 2.03. The number of nitrogens with zero attached hydrogens (tertiary/aromatic N) is 2. The third-order valence-corrected chi connectivity index (χ3v) is 2.29. The number of benzene rings is 1. The van der Waals surface area contributed by atoms with E-state index in [1.807, 2.05) is 44.3 Å². The van der Waals surface area contributed by atoms with Crippen molar-refractivity contribution in [3.8, 4) is 0 Å². The van der Waals surface area contributed by atoms with Gasteiger partial charge in [-0.25, -0.2) is 0 Å². The first kappa shape index (κ1) is 12.4. The minimum Gasteiger partial charge on any atom is -0.295 e. The van der Waals surface area contributed by atoms with E-state index < -0.39 is 0 Å². The number of rotatable bonds is 5. The number of hydrogen-bond donors (Lipinski definition) is 0. The Labute approximate surface area is 96.8 Å². The fraction of sp³-hybridized carbons (Fsp3) is 0.385. The fourth-order valence-corrected chi connectivity index (χ4v) is 1.48. The maximum Gasteiger partial charge on any atom is 0.175 e. The van der Waals surface area contributed by atoms with Crippen LogP contribution in [0.3, 0.4) is 0 Å². The highest BCUT2D eigenvalue weighted by atomic mass is 16.1. The van der Waals surface area contributed by atoms with Crippen LogP contribution < -0.4 is 0 Å². The van der Waals surface area contributed by atoms with Crippen LogP contribution >= 0.6 is 0 Å². The first-order chi connectivity index (χ1) is 7.63. The molecule has 0 bridgehead atoms. The molecule has 0 radical (unpaired) electrons. The van der Waals surface area contributed by atoms with Gasteiger partial charge in [-0.2, -0.15) is 5.10 Å². The zero-order chi connectivity index (χ0) is 12.0. The monoisotopic (exact) mass is 218 g/mol. The Morgan fingerprint density at radius 1 is 1.31 bits per heavy atom. The molecule has 16 heavy (non-hydrogen) atoms. The lowest BCUT2D eigenvalue weighted by Crippen LogP contribution is -2.18. The molecule has 0 fully saturated rings. The van der Waals surface area contributed by atoms with Crippen molar-refractivity contribution < 1.29 is 4.79 Å². The van der Waals surface area contributed by atoms with E-state index in [9.17, 15) is 4.79 Å². The standard InChI is InChI=1S/C13H18N2O/c1-4-13(11(2)16)14-15(3)10-12-8-6-5-7-9-12/h5-9H,4,10H2,1-3H3. The molecule has 0 saturated carbocycles. The molecule has 0 aliphatic carbocycles. The van der Waals surface area contributed by atoms with Crippen molar-refractivity contribution in [3.05, 3.63) is 35.9 Å². The van der Waals surface area contributed by atoms with Gasteiger partial charge < -0.3 is 0 Å². The number of hydrazone groups is 1. The third kappa shape index (κ3) is 3.85. The zero-order valence-electron chi connectivity index (χ0n) is 10.1. The summed E-state index contributed by atoms with van der Waals surface area (Å²) in [5.74, 6) is 0.0439. The normalized spacial score (nSPS) is 11.3. The molecule has 0 N–H and O–H groups in total. The Morgan fingerprint density at radius 3 is 2.44 bits per heavy atom. The first-order valence-corrected chi connectivity index (χ1v) is 5.47. The second-order valence-electron chi connectivity index (χ2n) is 3.76. The van der Waals surface area contributed by atoms with Gasteiger partial charge in [0.1, 0.15) is 5.71 Å². The van der Waals surface area contributed by atoms with E-state index in [1.165, 1.54) is 5.56 Å². The molecule has 0 saturated heterocycles. The van der Waals surface area contributed by atoms with Gasteiger partial charge in [-0.15, -0.1) is 0 Å². The lowest BCUT2D eigenvalue weighted by Gasteiger charge is -2.14. The number of Topliss-reactive ketones (excluding diaryl/α,β-unsaturated/α-hetero) is 1. The van der Waals surface area contributed by atoms with Gasteiger partial charge in [0.25, 0.3) is 0 Å². The van der Waals surface area contributed by atoms with Crippen molar-refractivity contribution in [3.63, 3.8) is 0 Å². The molecule has 3 nitrogen and oxygen atoms in total. The molecule has 0 aromatic heterocycles. The Kier molecular flexibility index (Phi) is 4.70. The van der Waals surface area contributed by atoms with Crippen LogP contribution in [0.2, 0.25) is 0 Å². The van der Waals surface area contributed by atoms with Crippen molar-refractivity contribution >= 4 is 11.5 Å². The minimum absolute atomic E-state index is 0.0439. The van der Waals surface area contributed by atoms with Crippen molar-refractivity contribution in [1.29, 1.82) is 0 Å². The number of hydrogen-bond acceptors (Lipinski definition) is 3. The van der Waals surface area contributed by atoms with Gasteiger partial charge in [0.15, 0.2) is 5.78 Å². The van der Waals surface area contributed by atoms with Crippen molar-refractivity contribution in [2.45, 2.75) is 26.8 Å². The van der Waals surface area contributed by atoms with Gasteiger partial charge in [0.2, 0.25) is 0 Å². The summed E-state index contributed by atoms with van der Waals surface area (Å²) in [6.07, 6.45) is 0.675. The van der Waals surface area contributed by atoms with Crippen LogP contribution in [0, 0.1) is 0 Å². The molecule has 0 spiro atoms. The van der Waals surface area contributed by atoms with E-state index in [-0.39, 0.29) is 5.78 Å². The molecule has 0 aliphatic rings. The SMILES string of the molecule is CCC(=NN(C)Cc1ccccc1)C(C)=O. The molecule has 86 valence electrons. The van der Waals surface area contributed by atoms with Gasteiger partial charge in [-0.05, 0) is 12.0 Å². The topological polar surface area (TPSA) is 32.7 Å². The zero-order valence-corrected chi connectivity index (χ0v) is 10.1. The van der Waals surface area contributed by atoms with Crippen LogP contribution in [-0.4, -0.2) is 23.6 Å². The highest BCUT2D eigenvalue weighted by Gasteiger charge is 2.04. The molecule has 0 heterocycles. The van der Waals surface area contributed by atoms with E-state index in [1.54, 1.807) is 11.9 Å². The van der Waals surface area contributed by atoms with Crippen LogP contribution in [0.4, 0.5) is 0 Å². The lowest BCUT2D eigenvalue weighted by molar-refractivity contribution is -0.111. The van der Waals surface area contributed by atoms with Crippen molar-refractivity contribution in [2.24, 2.45) is 5.10 Å². The van der Waals surface area contributed by atoms with Crippen LogP contribution in [0.15, 0.2) is 35.4 Å². The van der Waals surface area contributed by atoms with Gasteiger partial charge in [0, 0.05) is 14.0 Å². The van der Waals surface area contributed by atoms with Crippen molar-refractivity contribution in [2.75, 3.05) is 7.05 Å². The average Bonchev–Trinajstić information content (AvgIpc) is 2.27. The van der Waals surface area contributed by atoms with Crippen LogP contribution in [0.25, 0.3) is 0 Å². The Balaban J connectivity index is 2.66. The van der Waals surface area contributed by atoms with E-state index in [0.29, 0.717) is 12.1 Å². The molecule has 1 aromatic rings. The second kappa shape index (κ2) is 6.05. The molecular weight excluding hydrogens is 200 g/mol. The Hall–Kier alpha value is -1.64. The van der Waals surface area contributed by atoms with E-state index >= 15 is 0 Å². The fourth-order valence-electron chi connectivity index (χ4n) is 1.48. The summed E-state index contributed by atoms with van der Waals surface area (Å²) in [5, 5.41) is 6.09. The second-order valence-corrected chi connectivity index (χ2v) is 3.76.